The van der Waals surface area contributed by atoms with Crippen LogP contribution in [0.2, 0.25) is 0 Å². The fourth-order valence-corrected chi connectivity index (χ4v) is 8.36. The highest BCUT2D eigenvalue weighted by molar-refractivity contribution is 7.11. The molecule has 2 atom stereocenters. The number of allylic oxidation sites excluding steroid dienone is 2. The first-order chi connectivity index (χ1) is 17.0. The average Bonchev–Trinajstić information content (AvgIpc) is 3.66. The van der Waals surface area contributed by atoms with Crippen LogP contribution in [-0.4, -0.2) is 0 Å². The van der Waals surface area contributed by atoms with Gasteiger partial charge in [-0.1, -0.05) is 76.2 Å². The molecule has 2 unspecified atom stereocenters. The molecule has 0 fully saturated rings. The minimum atomic E-state index is -0.0103. The van der Waals surface area contributed by atoms with E-state index in [9.17, 15) is 0 Å². The van der Waals surface area contributed by atoms with Crippen molar-refractivity contribution in [2.45, 2.75) is 52.4 Å². The van der Waals surface area contributed by atoms with Gasteiger partial charge in [0.05, 0.1) is 0 Å². The van der Waals surface area contributed by atoms with E-state index in [-0.39, 0.29) is 5.41 Å². The first-order valence-corrected chi connectivity index (χ1v) is 14.5. The van der Waals surface area contributed by atoms with E-state index < -0.39 is 0 Å². The molecule has 2 aromatic carbocycles. The van der Waals surface area contributed by atoms with Crippen molar-refractivity contribution in [1.29, 1.82) is 0 Å². The van der Waals surface area contributed by atoms with Crippen molar-refractivity contribution >= 4 is 46.0 Å². The Hall–Kier alpha value is -2.68. The van der Waals surface area contributed by atoms with Crippen LogP contribution in [0.4, 0.5) is 0 Å². The number of fused-ring (bicyclic) bond motifs is 2. The lowest BCUT2D eigenvalue weighted by Gasteiger charge is -2.41. The summed E-state index contributed by atoms with van der Waals surface area (Å²) >= 11 is 3.83. The molecule has 0 aliphatic heterocycles. The molecule has 2 heteroatoms. The maximum Gasteiger partial charge on any atom is 0.0311 e. The van der Waals surface area contributed by atoms with Gasteiger partial charge in [-0.3, -0.25) is 0 Å². The lowest BCUT2D eigenvalue weighted by molar-refractivity contribution is 0.304. The van der Waals surface area contributed by atoms with Crippen molar-refractivity contribution in [2.75, 3.05) is 0 Å². The van der Waals surface area contributed by atoms with Gasteiger partial charge in [-0.15, -0.1) is 22.7 Å². The molecule has 6 rings (SSSR count). The summed E-state index contributed by atoms with van der Waals surface area (Å²) in [6.07, 6.45) is 7.12. The number of hydrogen-bond acceptors (Lipinski definition) is 2. The van der Waals surface area contributed by atoms with E-state index in [4.69, 9.17) is 0 Å². The van der Waals surface area contributed by atoms with Crippen LogP contribution in [0.3, 0.4) is 0 Å². The van der Waals surface area contributed by atoms with Gasteiger partial charge >= 0.3 is 0 Å². The van der Waals surface area contributed by atoms with Crippen LogP contribution >= 0.6 is 22.7 Å². The van der Waals surface area contributed by atoms with Crippen molar-refractivity contribution in [3.63, 3.8) is 0 Å². The highest BCUT2D eigenvalue weighted by atomic mass is 32.1. The SMILES string of the molecule is CCc1csc(C2=Cc3ccccc3C2C(C)(C)C2C(c3cc(CC)cs3)=Cc3ccccc32)c1. The van der Waals surface area contributed by atoms with Crippen LogP contribution in [0.5, 0.6) is 0 Å². The highest BCUT2D eigenvalue weighted by Crippen LogP contribution is 2.62. The van der Waals surface area contributed by atoms with E-state index in [2.05, 4.69) is 111 Å². The zero-order chi connectivity index (χ0) is 24.2. The molecule has 4 aromatic rings. The fraction of sp³-hybridized carbons (Fsp3) is 0.273. The van der Waals surface area contributed by atoms with E-state index in [1.165, 1.54) is 54.3 Å². The predicted molar refractivity (Wildman–Crippen MR) is 155 cm³/mol. The molecule has 176 valence electrons. The molecule has 0 bridgehead atoms. The molecular formula is C33H32S2. The van der Waals surface area contributed by atoms with E-state index in [1.807, 2.05) is 22.7 Å². The van der Waals surface area contributed by atoms with Crippen LogP contribution in [0.15, 0.2) is 71.4 Å². The summed E-state index contributed by atoms with van der Waals surface area (Å²) in [5.74, 6) is 0.680. The Morgan fingerprint density at radius 2 is 1.09 bits per heavy atom. The second kappa shape index (κ2) is 8.76. The minimum absolute atomic E-state index is 0.0103. The smallest absolute Gasteiger partial charge is 0.0311 e. The van der Waals surface area contributed by atoms with Gasteiger partial charge in [0.2, 0.25) is 0 Å². The molecule has 0 amide bonds. The number of thiophene rings is 2. The third-order valence-corrected chi connectivity index (χ3v) is 10.1. The van der Waals surface area contributed by atoms with Crippen LogP contribution in [0.25, 0.3) is 23.3 Å². The van der Waals surface area contributed by atoms with Crippen molar-refractivity contribution < 1.29 is 0 Å². The number of aryl methyl sites for hydroxylation is 2. The molecule has 2 aliphatic carbocycles. The lowest BCUT2D eigenvalue weighted by Crippen LogP contribution is -2.29. The summed E-state index contributed by atoms with van der Waals surface area (Å²) in [5.41, 5.74) is 11.6. The van der Waals surface area contributed by atoms with Crippen molar-refractivity contribution in [2.24, 2.45) is 5.41 Å². The van der Waals surface area contributed by atoms with Gasteiger partial charge in [0.15, 0.2) is 0 Å². The molecule has 2 aliphatic rings. The highest BCUT2D eigenvalue weighted by Gasteiger charge is 2.47. The Morgan fingerprint density at radius 3 is 1.49 bits per heavy atom. The zero-order valence-corrected chi connectivity index (χ0v) is 22.6. The van der Waals surface area contributed by atoms with Gasteiger partial charge in [0.25, 0.3) is 0 Å². The average molecular weight is 493 g/mol. The zero-order valence-electron chi connectivity index (χ0n) is 21.0. The number of hydrogen-bond donors (Lipinski definition) is 0. The Morgan fingerprint density at radius 1 is 0.657 bits per heavy atom. The third kappa shape index (κ3) is 3.70. The number of rotatable bonds is 6. The van der Waals surface area contributed by atoms with Gasteiger partial charge in [0, 0.05) is 21.6 Å². The van der Waals surface area contributed by atoms with E-state index in [1.54, 1.807) is 0 Å². The van der Waals surface area contributed by atoms with Crippen molar-refractivity contribution in [3.8, 4) is 0 Å². The molecule has 2 aromatic heterocycles. The fourth-order valence-electron chi connectivity index (χ4n) is 6.27. The Kier molecular flexibility index (Phi) is 5.70. The van der Waals surface area contributed by atoms with E-state index in [0.29, 0.717) is 11.8 Å². The van der Waals surface area contributed by atoms with Gasteiger partial charge in [0.1, 0.15) is 0 Å². The van der Waals surface area contributed by atoms with E-state index in [0.717, 1.165) is 12.8 Å². The number of benzene rings is 2. The first kappa shape index (κ1) is 22.8. The summed E-state index contributed by atoms with van der Waals surface area (Å²) < 4.78 is 0. The molecule has 2 heterocycles. The maximum absolute atomic E-state index is 2.51. The normalized spacial score (nSPS) is 18.9. The largest absolute Gasteiger partial charge is 0.144 e. The van der Waals surface area contributed by atoms with Gasteiger partial charge in [-0.2, -0.15) is 0 Å². The summed E-state index contributed by atoms with van der Waals surface area (Å²) in [6, 6.07) is 23.0. The molecule has 0 saturated heterocycles. The minimum Gasteiger partial charge on any atom is -0.144 e. The van der Waals surface area contributed by atoms with Crippen molar-refractivity contribution in [3.05, 3.63) is 115 Å². The van der Waals surface area contributed by atoms with Crippen LogP contribution in [0.1, 0.15) is 82.7 Å². The maximum atomic E-state index is 2.51. The second-order valence-electron chi connectivity index (χ2n) is 10.5. The topological polar surface area (TPSA) is 0 Å². The lowest BCUT2D eigenvalue weighted by atomic mass is 9.62. The second-order valence-corrected chi connectivity index (χ2v) is 12.3. The first-order valence-electron chi connectivity index (χ1n) is 12.8. The molecule has 35 heavy (non-hydrogen) atoms. The molecule has 0 spiro atoms. The third-order valence-electron chi connectivity index (χ3n) is 8.04. The van der Waals surface area contributed by atoms with Crippen LogP contribution in [0, 0.1) is 5.41 Å². The molecule has 0 saturated carbocycles. The summed E-state index contributed by atoms with van der Waals surface area (Å²) in [7, 11) is 0. The van der Waals surface area contributed by atoms with Gasteiger partial charge in [-0.25, -0.2) is 0 Å². The standard InChI is InChI=1S/C33H32S2/c1-5-21-15-29(34-19-21)27-17-23-11-7-9-13-25(23)31(27)33(3,4)32-26-14-10-8-12-24(26)18-28(32)30-16-22(6-2)20-35-30/h7-20,31-32H,5-6H2,1-4H3. The predicted octanol–water partition coefficient (Wildman–Crippen LogP) is 9.94. The molecule has 0 N–H and O–H groups in total. The van der Waals surface area contributed by atoms with Gasteiger partial charge < -0.3 is 0 Å². The Bertz CT molecular complexity index is 1350. The summed E-state index contributed by atoms with van der Waals surface area (Å²) in [4.78, 5) is 2.86. The molecule has 0 nitrogen and oxygen atoms in total. The molecular weight excluding hydrogens is 460 g/mol. The Balaban J connectivity index is 1.51. The van der Waals surface area contributed by atoms with E-state index >= 15 is 0 Å². The quantitative estimate of drug-likeness (QED) is 0.251. The van der Waals surface area contributed by atoms with Crippen LogP contribution in [-0.2, 0) is 12.8 Å². The van der Waals surface area contributed by atoms with Gasteiger partial charge in [-0.05, 0) is 97.8 Å². The Labute approximate surface area is 217 Å². The monoisotopic (exact) mass is 492 g/mol. The van der Waals surface area contributed by atoms with Crippen LogP contribution < -0.4 is 0 Å². The molecule has 0 radical (unpaired) electrons. The van der Waals surface area contributed by atoms with Crippen molar-refractivity contribution in [1.82, 2.24) is 0 Å². The summed E-state index contributed by atoms with van der Waals surface area (Å²) in [6.45, 7) is 9.53. The summed E-state index contributed by atoms with van der Waals surface area (Å²) in [5, 5.41) is 4.69.